The maximum absolute atomic E-state index is 12.7. The smallest absolute Gasteiger partial charge is 0.326 e. The number of hydrogen-bond acceptors (Lipinski definition) is 8. The van der Waals surface area contributed by atoms with Gasteiger partial charge in [-0.1, -0.05) is 20.3 Å². The lowest BCUT2D eigenvalue weighted by atomic mass is 9.99. The molecule has 5 amide bonds. The molecule has 15 nitrogen and oxygen atoms in total. The van der Waals surface area contributed by atoms with Gasteiger partial charge in [-0.2, -0.15) is 0 Å². The Bertz CT molecular complexity index is 803. The van der Waals surface area contributed by atoms with E-state index in [9.17, 15) is 38.7 Å². The Labute approximate surface area is 195 Å². The van der Waals surface area contributed by atoms with Gasteiger partial charge >= 0.3 is 11.9 Å². The van der Waals surface area contributed by atoms with Gasteiger partial charge in [-0.3, -0.25) is 28.8 Å². The van der Waals surface area contributed by atoms with Gasteiger partial charge in [0.25, 0.3) is 0 Å². The molecular weight excluding hydrogens is 456 g/mol. The summed E-state index contributed by atoms with van der Waals surface area (Å²) in [5, 5.41) is 24.7. The second kappa shape index (κ2) is 14.4. The average molecular weight is 488 g/mol. The first-order chi connectivity index (χ1) is 15.7. The van der Waals surface area contributed by atoms with E-state index in [0.717, 1.165) is 0 Å². The monoisotopic (exact) mass is 488 g/mol. The summed E-state index contributed by atoms with van der Waals surface area (Å²) in [5.41, 5.74) is 15.9. The molecule has 0 bridgehead atoms. The maximum atomic E-state index is 12.7. The van der Waals surface area contributed by atoms with E-state index in [1.165, 1.54) is 0 Å². The normalized spacial score (nSPS) is 15.0. The highest BCUT2D eigenvalue weighted by Gasteiger charge is 2.32. The van der Waals surface area contributed by atoms with Crippen molar-refractivity contribution in [2.24, 2.45) is 23.1 Å². The maximum Gasteiger partial charge on any atom is 0.326 e. The summed E-state index contributed by atoms with van der Waals surface area (Å²) in [6.07, 6.45) is -1.83. The zero-order valence-electron chi connectivity index (χ0n) is 18.9. The molecule has 0 fully saturated rings. The predicted octanol–water partition coefficient (Wildman–Crippen LogP) is -3.49. The summed E-state index contributed by atoms with van der Waals surface area (Å²) in [5.74, 6) is -8.18. The number of carboxylic acid groups (broad SMARTS) is 2. The molecule has 0 heterocycles. The largest absolute Gasteiger partial charge is 0.481 e. The molecule has 0 spiro atoms. The van der Waals surface area contributed by atoms with E-state index in [4.69, 9.17) is 22.3 Å². The van der Waals surface area contributed by atoms with Gasteiger partial charge in [0.1, 0.15) is 18.1 Å². The van der Waals surface area contributed by atoms with E-state index in [0.29, 0.717) is 6.42 Å². The molecule has 0 saturated heterocycles. The number of hydrogen-bond donors (Lipinski definition) is 8. The quantitative estimate of drug-likeness (QED) is 0.106. The fraction of sp³-hybridized carbons (Fsp3) is 0.632. The molecule has 5 unspecified atom stereocenters. The number of nitrogens with two attached hydrogens (primary N) is 3. The molecule has 5 atom stereocenters. The van der Waals surface area contributed by atoms with Gasteiger partial charge in [0.2, 0.25) is 29.5 Å². The fourth-order valence-corrected chi connectivity index (χ4v) is 2.66. The molecule has 0 aromatic rings. The Morgan fingerprint density at radius 2 is 1.24 bits per heavy atom. The molecular formula is C19H32N6O9. The summed E-state index contributed by atoms with van der Waals surface area (Å²) in [4.78, 5) is 82.3. The molecule has 0 aliphatic heterocycles. The lowest BCUT2D eigenvalue weighted by molar-refractivity contribution is -0.143. The van der Waals surface area contributed by atoms with Crippen molar-refractivity contribution in [1.29, 1.82) is 0 Å². The number of carbonyl (C=O) groups excluding carboxylic acids is 5. The van der Waals surface area contributed by atoms with Gasteiger partial charge in [0, 0.05) is 6.42 Å². The topological polar surface area (TPSA) is 274 Å². The molecule has 0 aromatic carbocycles. The number of nitrogens with one attached hydrogen (secondary N) is 3. The van der Waals surface area contributed by atoms with Crippen molar-refractivity contribution >= 4 is 41.5 Å². The van der Waals surface area contributed by atoms with Crippen LogP contribution in [0, 0.1) is 5.92 Å². The number of rotatable bonds is 16. The van der Waals surface area contributed by atoms with Crippen molar-refractivity contribution in [3.63, 3.8) is 0 Å². The molecule has 0 saturated carbocycles. The van der Waals surface area contributed by atoms with Crippen LogP contribution in [-0.4, -0.2) is 75.9 Å². The van der Waals surface area contributed by atoms with E-state index in [1.54, 1.807) is 13.8 Å². The van der Waals surface area contributed by atoms with Crippen LogP contribution in [0.25, 0.3) is 0 Å². The summed E-state index contributed by atoms with van der Waals surface area (Å²) in [6, 6.07) is -5.97. The molecule has 0 rings (SSSR count). The third-order valence-corrected chi connectivity index (χ3v) is 4.90. The zero-order valence-corrected chi connectivity index (χ0v) is 18.9. The first-order valence-electron chi connectivity index (χ1n) is 10.4. The minimum Gasteiger partial charge on any atom is -0.481 e. The highest BCUT2D eigenvalue weighted by Crippen LogP contribution is 2.07. The minimum absolute atomic E-state index is 0.282. The predicted molar refractivity (Wildman–Crippen MR) is 115 cm³/mol. The Kier molecular flexibility index (Phi) is 12.8. The van der Waals surface area contributed by atoms with Crippen LogP contribution in [0.3, 0.4) is 0 Å². The van der Waals surface area contributed by atoms with Crippen molar-refractivity contribution in [2.75, 3.05) is 0 Å². The van der Waals surface area contributed by atoms with Crippen molar-refractivity contribution in [3.8, 4) is 0 Å². The molecule has 0 radical (unpaired) electrons. The van der Waals surface area contributed by atoms with Crippen LogP contribution < -0.4 is 33.2 Å². The zero-order chi connectivity index (χ0) is 26.6. The van der Waals surface area contributed by atoms with E-state index in [1.807, 2.05) is 0 Å². The SMILES string of the molecule is CCC(C)C(N)C(=O)NC(CC(=O)O)C(=O)NC(CC(N)=O)C(=O)NC(CCC(N)=O)C(=O)O. The fourth-order valence-electron chi connectivity index (χ4n) is 2.66. The number of amides is 5. The van der Waals surface area contributed by atoms with Crippen LogP contribution >= 0.6 is 0 Å². The Hall–Kier alpha value is -3.75. The number of aliphatic carboxylic acids is 2. The third kappa shape index (κ3) is 11.2. The van der Waals surface area contributed by atoms with E-state index in [2.05, 4.69) is 16.0 Å². The molecule has 192 valence electrons. The van der Waals surface area contributed by atoms with Crippen LogP contribution in [0.1, 0.15) is 46.0 Å². The van der Waals surface area contributed by atoms with Gasteiger partial charge in [-0.05, 0) is 12.3 Å². The standard InChI is InChI=1S/C19H32N6O9/c1-3-8(2)15(22)18(32)25-11(7-14(28)29)17(31)24-10(6-13(21)27)16(30)23-9(19(33)34)4-5-12(20)26/h8-11,15H,3-7,22H2,1-2H3,(H2,20,26)(H2,21,27)(H,23,30)(H,24,31)(H,25,32)(H,28,29)(H,33,34). The Morgan fingerprint density at radius 3 is 1.65 bits per heavy atom. The lowest BCUT2D eigenvalue weighted by Gasteiger charge is -2.25. The van der Waals surface area contributed by atoms with Crippen LogP contribution in [0.5, 0.6) is 0 Å². The van der Waals surface area contributed by atoms with Gasteiger partial charge < -0.3 is 43.4 Å². The van der Waals surface area contributed by atoms with Crippen LogP contribution in [0.2, 0.25) is 0 Å². The Balaban J connectivity index is 5.58. The first-order valence-corrected chi connectivity index (χ1v) is 10.4. The van der Waals surface area contributed by atoms with Gasteiger partial charge in [0.15, 0.2) is 0 Å². The second-order valence-corrected chi connectivity index (χ2v) is 7.71. The van der Waals surface area contributed by atoms with Crippen molar-refractivity contribution in [2.45, 2.75) is 70.1 Å². The van der Waals surface area contributed by atoms with Crippen molar-refractivity contribution in [3.05, 3.63) is 0 Å². The van der Waals surface area contributed by atoms with Crippen molar-refractivity contribution in [1.82, 2.24) is 16.0 Å². The number of primary amides is 2. The average Bonchev–Trinajstić information content (AvgIpc) is 2.73. The molecule has 0 aliphatic rings. The van der Waals surface area contributed by atoms with Crippen molar-refractivity contribution < 1.29 is 43.8 Å². The van der Waals surface area contributed by atoms with E-state index < -0.39 is 78.5 Å². The minimum atomic E-state index is -1.70. The molecule has 0 aliphatic carbocycles. The van der Waals surface area contributed by atoms with Crippen LogP contribution in [-0.2, 0) is 33.6 Å². The van der Waals surface area contributed by atoms with Gasteiger partial charge in [-0.15, -0.1) is 0 Å². The lowest BCUT2D eigenvalue weighted by Crippen LogP contribution is -2.58. The highest BCUT2D eigenvalue weighted by atomic mass is 16.4. The van der Waals surface area contributed by atoms with E-state index in [-0.39, 0.29) is 18.8 Å². The third-order valence-electron chi connectivity index (χ3n) is 4.90. The van der Waals surface area contributed by atoms with Crippen LogP contribution in [0.4, 0.5) is 0 Å². The molecule has 15 heteroatoms. The molecule has 34 heavy (non-hydrogen) atoms. The number of carbonyl (C=O) groups is 7. The summed E-state index contributed by atoms with van der Waals surface area (Å²) in [6.45, 7) is 3.46. The second-order valence-electron chi connectivity index (χ2n) is 7.71. The summed E-state index contributed by atoms with van der Waals surface area (Å²) >= 11 is 0. The number of carboxylic acids is 2. The van der Waals surface area contributed by atoms with E-state index >= 15 is 0 Å². The molecule has 11 N–H and O–H groups in total. The van der Waals surface area contributed by atoms with Gasteiger partial charge in [0.05, 0.1) is 18.9 Å². The van der Waals surface area contributed by atoms with Crippen LogP contribution in [0.15, 0.2) is 0 Å². The summed E-state index contributed by atoms with van der Waals surface area (Å²) < 4.78 is 0. The first kappa shape index (κ1) is 30.2. The highest BCUT2D eigenvalue weighted by molar-refractivity contribution is 5.97. The van der Waals surface area contributed by atoms with Gasteiger partial charge in [-0.25, -0.2) is 4.79 Å². The summed E-state index contributed by atoms with van der Waals surface area (Å²) in [7, 11) is 0. The Morgan fingerprint density at radius 1 is 0.765 bits per heavy atom. The molecule has 0 aromatic heterocycles.